The minimum atomic E-state index is -4.38. The fourth-order valence-electron chi connectivity index (χ4n) is 4.18. The van der Waals surface area contributed by atoms with E-state index >= 15 is 0 Å². The summed E-state index contributed by atoms with van der Waals surface area (Å²) in [5, 5.41) is 13.8. The topological polar surface area (TPSA) is 174 Å². The number of benzene rings is 3. The van der Waals surface area contributed by atoms with Crippen molar-refractivity contribution in [3.8, 4) is 5.75 Å². The molecule has 0 aliphatic rings. The third-order valence-corrected chi connectivity index (χ3v) is 9.72. The summed E-state index contributed by atoms with van der Waals surface area (Å²) in [7, 11) is -5.77. The van der Waals surface area contributed by atoms with Crippen molar-refractivity contribution >= 4 is 39.8 Å². The summed E-state index contributed by atoms with van der Waals surface area (Å²) in [5.41, 5.74) is -0.447. The molecule has 2 N–H and O–H groups in total. The first-order valence-corrected chi connectivity index (χ1v) is 16.3. The number of nitro benzene ring substituents is 1. The predicted octanol–water partition coefficient (Wildman–Crippen LogP) is 2.63. The van der Waals surface area contributed by atoms with Gasteiger partial charge in [-0.1, -0.05) is 30.3 Å². The third kappa shape index (κ3) is 9.51. The van der Waals surface area contributed by atoms with Gasteiger partial charge >= 0.3 is 6.09 Å². The van der Waals surface area contributed by atoms with E-state index in [0.29, 0.717) is 5.75 Å². The number of sulfonamides is 2. The van der Waals surface area contributed by atoms with Crippen molar-refractivity contribution in [3.05, 3.63) is 94.5 Å². The molecule has 2 atom stereocenters. The molecule has 0 saturated carbocycles. The maximum Gasteiger partial charge on any atom is 0.407 e. The number of carbonyl (C=O) groups excluding carboxylic acids is 1. The van der Waals surface area contributed by atoms with Crippen LogP contribution in [0.5, 0.6) is 5.75 Å². The van der Waals surface area contributed by atoms with Gasteiger partial charge in [-0.25, -0.2) is 30.6 Å². The van der Waals surface area contributed by atoms with Crippen LogP contribution in [0, 0.1) is 10.1 Å². The van der Waals surface area contributed by atoms with E-state index in [2.05, 4.69) is 10.0 Å². The Morgan fingerprint density at radius 1 is 0.932 bits per heavy atom. The summed E-state index contributed by atoms with van der Waals surface area (Å²) >= 11 is 0. The van der Waals surface area contributed by atoms with Crippen LogP contribution in [0.15, 0.2) is 88.7 Å². The van der Waals surface area contributed by atoms with Crippen LogP contribution in [0.1, 0.15) is 26.3 Å². The summed E-state index contributed by atoms with van der Waals surface area (Å²) < 4.78 is 68.2. The Kier molecular flexibility index (Phi) is 11.1. The van der Waals surface area contributed by atoms with Gasteiger partial charge in [-0.15, -0.1) is 0 Å². The van der Waals surface area contributed by atoms with Crippen molar-refractivity contribution in [1.29, 1.82) is 0 Å². The molecular formula is C28H35BN4O9S2. The molecular weight excluding hydrogens is 611 g/mol. The number of non-ortho nitro benzene ring substituents is 1. The average molecular weight is 647 g/mol. The number of carbonyl (C=O) groups is 1. The fourth-order valence-corrected chi connectivity index (χ4v) is 6.65. The largest absolute Gasteiger partial charge is 0.497 e. The van der Waals surface area contributed by atoms with Gasteiger partial charge in [-0.2, -0.15) is 0 Å². The van der Waals surface area contributed by atoms with Crippen molar-refractivity contribution in [1.82, 2.24) is 14.3 Å². The molecule has 0 fully saturated rings. The van der Waals surface area contributed by atoms with Gasteiger partial charge in [0.15, 0.2) is 0 Å². The number of nitrogens with zero attached hydrogens (tertiary/aromatic N) is 2. The monoisotopic (exact) mass is 646 g/mol. The zero-order valence-corrected chi connectivity index (χ0v) is 26.6. The van der Waals surface area contributed by atoms with E-state index in [0.717, 1.165) is 34.0 Å². The molecule has 0 bridgehead atoms. The number of nitrogens with one attached hydrogen (secondary N) is 2. The molecule has 0 unspecified atom stereocenters. The summed E-state index contributed by atoms with van der Waals surface area (Å²) in [6, 6.07) is 16.6. The van der Waals surface area contributed by atoms with E-state index in [4.69, 9.17) is 9.47 Å². The molecule has 0 aliphatic carbocycles. The molecule has 3 aromatic rings. The normalized spacial score (nSPS) is 13.6. The molecule has 0 radical (unpaired) electrons. The number of hydrogen-bond acceptors (Lipinski definition) is 9. The van der Waals surface area contributed by atoms with Crippen molar-refractivity contribution in [2.75, 3.05) is 13.7 Å². The van der Waals surface area contributed by atoms with Gasteiger partial charge in [0.05, 0.1) is 33.9 Å². The highest BCUT2D eigenvalue weighted by molar-refractivity contribution is 7.90. The second-order valence-electron chi connectivity index (χ2n) is 10.9. The van der Waals surface area contributed by atoms with Gasteiger partial charge in [0.2, 0.25) is 28.0 Å². The first-order chi connectivity index (χ1) is 20.5. The number of amides is 1. The van der Waals surface area contributed by atoms with Crippen LogP contribution >= 0.6 is 0 Å². The quantitative estimate of drug-likeness (QED) is 0.161. The average Bonchev–Trinajstić information content (AvgIpc) is 2.96. The van der Waals surface area contributed by atoms with Crippen molar-refractivity contribution in [2.45, 2.75) is 54.7 Å². The number of hydrogen-bond donors (Lipinski definition) is 2. The lowest BCUT2D eigenvalue weighted by atomic mass is 9.99. The van der Waals surface area contributed by atoms with Crippen LogP contribution < -0.4 is 14.8 Å². The molecule has 0 heterocycles. The Labute approximate surface area is 258 Å². The van der Waals surface area contributed by atoms with E-state index in [9.17, 15) is 31.7 Å². The summed E-state index contributed by atoms with van der Waals surface area (Å²) in [4.78, 5) is 23.0. The Morgan fingerprint density at radius 3 is 2.02 bits per heavy atom. The second kappa shape index (κ2) is 14.2. The highest BCUT2D eigenvalue weighted by Crippen LogP contribution is 2.21. The van der Waals surface area contributed by atoms with Gasteiger partial charge in [0, 0.05) is 18.7 Å². The SMILES string of the molecule is BN(C[C@@H](NS(=O)(=O)c1ccc([N+](=O)[O-])cc1)[C@H](Cc1ccccc1)NC(=O)OC(C)(C)C)S(=O)(=O)c1ccc(OC)cc1. The number of ether oxygens (including phenoxy) is 2. The van der Waals surface area contributed by atoms with Crippen molar-refractivity contribution in [3.63, 3.8) is 0 Å². The summed E-state index contributed by atoms with van der Waals surface area (Å²) in [5.74, 6) is 0.449. The summed E-state index contributed by atoms with van der Waals surface area (Å²) in [6.07, 6.45) is -0.733. The van der Waals surface area contributed by atoms with E-state index < -0.39 is 55.3 Å². The number of methoxy groups -OCH3 is 1. The lowest BCUT2D eigenvalue weighted by Crippen LogP contribution is -2.57. The molecule has 0 aromatic heterocycles. The molecule has 3 rings (SSSR count). The van der Waals surface area contributed by atoms with Crippen LogP contribution in [0.2, 0.25) is 0 Å². The minimum Gasteiger partial charge on any atom is -0.497 e. The molecule has 0 saturated heterocycles. The molecule has 3 aromatic carbocycles. The lowest BCUT2D eigenvalue weighted by Gasteiger charge is -2.32. The highest BCUT2D eigenvalue weighted by atomic mass is 32.2. The molecule has 13 nitrogen and oxygen atoms in total. The Morgan fingerprint density at radius 2 is 1.50 bits per heavy atom. The maximum atomic E-state index is 13.6. The van der Waals surface area contributed by atoms with E-state index in [-0.39, 0.29) is 21.9 Å². The lowest BCUT2D eigenvalue weighted by molar-refractivity contribution is -0.384. The van der Waals surface area contributed by atoms with Crippen LogP contribution in [0.25, 0.3) is 0 Å². The zero-order chi connectivity index (χ0) is 32.7. The smallest absolute Gasteiger partial charge is 0.407 e. The Hall–Kier alpha value is -3.99. The molecule has 16 heteroatoms. The predicted molar refractivity (Wildman–Crippen MR) is 166 cm³/mol. The van der Waals surface area contributed by atoms with Crippen LogP contribution in [-0.4, -0.2) is 71.4 Å². The van der Waals surface area contributed by atoms with Crippen LogP contribution in [0.4, 0.5) is 10.5 Å². The Balaban J connectivity index is 2.04. The number of nitro groups is 1. The van der Waals surface area contributed by atoms with Crippen LogP contribution in [0.3, 0.4) is 0 Å². The van der Waals surface area contributed by atoms with Gasteiger partial charge in [-0.05, 0) is 69.2 Å². The number of alkyl carbamates (subject to hydrolysis) is 1. The standard InChI is InChI=1S/C28H35BN4O9S2/c1-28(2,3)42-27(34)30-25(18-20-8-6-5-7-9-20)26(31-43(37,38)23-14-10-21(11-15-23)33(35)36)19-32(29)44(39,40)24-16-12-22(41-4)13-17-24/h5-17,25-26,31H,18-19,29H2,1-4H3,(H,30,34)/t25-,26+/m0/s1. The second-order valence-corrected chi connectivity index (χ2v) is 14.6. The van der Waals surface area contributed by atoms with Crippen molar-refractivity contribution in [2.24, 2.45) is 0 Å². The van der Waals surface area contributed by atoms with Gasteiger partial charge in [0.1, 0.15) is 11.4 Å². The van der Waals surface area contributed by atoms with Gasteiger partial charge in [-0.3, -0.25) is 10.1 Å². The first kappa shape index (κ1) is 34.5. The van der Waals surface area contributed by atoms with E-state index in [1.54, 1.807) is 51.1 Å². The number of rotatable bonds is 13. The molecule has 1 amide bonds. The van der Waals surface area contributed by atoms with Gasteiger partial charge in [0.25, 0.3) is 5.69 Å². The maximum absolute atomic E-state index is 13.6. The molecule has 0 aliphatic heterocycles. The molecule has 236 valence electrons. The highest BCUT2D eigenvalue weighted by Gasteiger charge is 2.34. The van der Waals surface area contributed by atoms with E-state index in [1.165, 1.54) is 39.4 Å². The third-order valence-electron chi connectivity index (χ3n) is 6.37. The molecule has 44 heavy (non-hydrogen) atoms. The van der Waals surface area contributed by atoms with Crippen LogP contribution in [-0.2, 0) is 31.2 Å². The first-order valence-electron chi connectivity index (χ1n) is 13.4. The summed E-state index contributed by atoms with van der Waals surface area (Å²) in [6.45, 7) is 4.60. The molecule has 0 spiro atoms. The van der Waals surface area contributed by atoms with E-state index in [1.807, 2.05) is 0 Å². The van der Waals surface area contributed by atoms with Gasteiger partial charge < -0.3 is 14.8 Å². The zero-order valence-electron chi connectivity index (χ0n) is 25.0. The Bertz CT molecular complexity index is 1650. The fraction of sp³-hybridized carbons (Fsp3) is 0.321. The van der Waals surface area contributed by atoms with Crippen molar-refractivity contribution < 1.29 is 36.0 Å². The minimum absolute atomic E-state index is 0.0579.